The Kier molecular flexibility index (Phi) is 6.61. The Morgan fingerprint density at radius 1 is 0.875 bits per heavy atom. The third kappa shape index (κ3) is 5.03. The second-order valence-corrected chi connectivity index (χ2v) is 7.78. The Bertz CT molecular complexity index is 1200. The maximum absolute atomic E-state index is 12.2. The molecule has 0 aliphatic rings. The Hall–Kier alpha value is -3.92. The average Bonchev–Trinajstić information content (AvgIpc) is 3.16. The van der Waals surface area contributed by atoms with Gasteiger partial charge in [0.1, 0.15) is 12.4 Å². The Morgan fingerprint density at radius 2 is 1.44 bits per heavy atom. The van der Waals surface area contributed by atoms with E-state index in [1.54, 1.807) is 6.92 Å². The molecule has 0 aliphatic carbocycles. The molecule has 0 N–H and O–H groups in total. The topological polar surface area (TPSA) is 44.1 Å². The number of carbonyl (C=O) groups excluding carboxylic acids is 1. The lowest BCUT2D eigenvalue weighted by Crippen LogP contribution is -2.13. The van der Waals surface area contributed by atoms with Crippen LogP contribution < -0.4 is 0 Å². The van der Waals surface area contributed by atoms with E-state index in [1.165, 1.54) is 5.56 Å². The molecular formula is C28H26N2O2. The summed E-state index contributed by atoms with van der Waals surface area (Å²) in [5, 5.41) is 0. The van der Waals surface area contributed by atoms with E-state index in [0.717, 1.165) is 28.3 Å². The van der Waals surface area contributed by atoms with E-state index >= 15 is 0 Å². The van der Waals surface area contributed by atoms with Gasteiger partial charge in [0.15, 0.2) is 0 Å². The lowest BCUT2D eigenvalue weighted by Gasteiger charge is -2.14. The van der Waals surface area contributed by atoms with Crippen LogP contribution in [0.5, 0.6) is 0 Å². The largest absolute Gasteiger partial charge is 0.456 e. The molecule has 1 heterocycles. The molecule has 0 atom stereocenters. The molecule has 4 rings (SSSR count). The van der Waals surface area contributed by atoms with Crippen LogP contribution >= 0.6 is 0 Å². The second kappa shape index (κ2) is 9.92. The molecule has 0 saturated carbocycles. The van der Waals surface area contributed by atoms with Gasteiger partial charge in [0.05, 0.1) is 11.4 Å². The van der Waals surface area contributed by atoms with Crippen molar-refractivity contribution < 1.29 is 9.53 Å². The molecule has 160 valence electrons. The molecule has 0 fully saturated rings. The Balaban J connectivity index is 1.81. The van der Waals surface area contributed by atoms with Crippen molar-refractivity contribution >= 4 is 5.97 Å². The molecule has 0 saturated heterocycles. The predicted octanol–water partition coefficient (Wildman–Crippen LogP) is 5.81. The zero-order valence-corrected chi connectivity index (χ0v) is 18.2. The van der Waals surface area contributed by atoms with Gasteiger partial charge < -0.3 is 9.30 Å². The fraction of sp³-hybridized carbons (Fsp3) is 0.143. The van der Waals surface area contributed by atoms with Crippen LogP contribution in [0.25, 0.3) is 11.3 Å². The van der Waals surface area contributed by atoms with Crippen molar-refractivity contribution in [3.63, 3.8) is 0 Å². The minimum atomic E-state index is -0.402. The number of hydrogen-bond acceptors (Lipinski definition) is 3. The highest BCUT2D eigenvalue weighted by Gasteiger charge is 2.20. The number of aromatic nitrogens is 2. The van der Waals surface area contributed by atoms with Crippen LogP contribution in [0, 0.1) is 0 Å². The number of imidazole rings is 1. The molecular weight excluding hydrogens is 396 g/mol. The van der Waals surface area contributed by atoms with Crippen LogP contribution in [0.4, 0.5) is 0 Å². The third-order valence-electron chi connectivity index (χ3n) is 5.28. The van der Waals surface area contributed by atoms with Gasteiger partial charge in [-0.1, -0.05) is 97.6 Å². The predicted molar refractivity (Wildman–Crippen MR) is 127 cm³/mol. The minimum absolute atomic E-state index is 0.130. The zero-order chi connectivity index (χ0) is 22.3. The van der Waals surface area contributed by atoms with E-state index in [-0.39, 0.29) is 6.61 Å². The summed E-state index contributed by atoms with van der Waals surface area (Å²) >= 11 is 0. The van der Waals surface area contributed by atoms with E-state index in [1.807, 2.05) is 66.7 Å². The van der Waals surface area contributed by atoms with E-state index in [9.17, 15) is 4.79 Å². The van der Waals surface area contributed by atoms with Gasteiger partial charge in [-0.15, -0.1) is 0 Å². The fourth-order valence-electron chi connectivity index (χ4n) is 3.63. The standard InChI is InChI=1S/C28H26N2O2/c1-21(2)28(31)32-20-25-27(24-16-10-5-11-17-24)29-26(18-22-12-6-3-7-13-22)30(25)19-23-14-8-4-9-15-23/h3-17H,1,18-20H2,2H3. The van der Waals surface area contributed by atoms with Crippen LogP contribution in [0.2, 0.25) is 0 Å². The zero-order valence-electron chi connectivity index (χ0n) is 18.2. The SMILES string of the molecule is C=C(C)C(=O)OCc1c(-c2ccccc2)nc(Cc2ccccc2)n1Cc1ccccc1. The molecule has 32 heavy (non-hydrogen) atoms. The van der Waals surface area contributed by atoms with Crippen molar-refractivity contribution in [1.29, 1.82) is 0 Å². The highest BCUT2D eigenvalue weighted by atomic mass is 16.5. The van der Waals surface area contributed by atoms with Crippen molar-refractivity contribution in [3.8, 4) is 11.3 Å². The average molecular weight is 423 g/mol. The highest BCUT2D eigenvalue weighted by Crippen LogP contribution is 2.27. The first-order valence-electron chi connectivity index (χ1n) is 10.7. The molecule has 0 radical (unpaired) electrons. The maximum atomic E-state index is 12.2. The number of esters is 1. The monoisotopic (exact) mass is 422 g/mol. The maximum Gasteiger partial charge on any atom is 0.333 e. The molecule has 3 aromatic carbocycles. The second-order valence-electron chi connectivity index (χ2n) is 7.78. The van der Waals surface area contributed by atoms with Gasteiger partial charge in [0.25, 0.3) is 0 Å². The van der Waals surface area contributed by atoms with Gasteiger partial charge in [-0.25, -0.2) is 9.78 Å². The first kappa shape index (κ1) is 21.3. The normalized spacial score (nSPS) is 10.7. The fourth-order valence-corrected chi connectivity index (χ4v) is 3.63. The highest BCUT2D eigenvalue weighted by molar-refractivity contribution is 5.87. The summed E-state index contributed by atoms with van der Waals surface area (Å²) < 4.78 is 7.77. The van der Waals surface area contributed by atoms with E-state index in [4.69, 9.17) is 9.72 Å². The third-order valence-corrected chi connectivity index (χ3v) is 5.28. The number of carbonyl (C=O) groups is 1. The summed E-state index contributed by atoms with van der Waals surface area (Å²) in [6.07, 6.45) is 0.682. The summed E-state index contributed by atoms with van der Waals surface area (Å²) in [6.45, 7) is 6.13. The molecule has 0 bridgehead atoms. The van der Waals surface area contributed by atoms with E-state index in [2.05, 4.69) is 35.4 Å². The van der Waals surface area contributed by atoms with Gasteiger partial charge in [-0.2, -0.15) is 0 Å². The summed E-state index contributed by atoms with van der Waals surface area (Å²) in [4.78, 5) is 17.2. The van der Waals surface area contributed by atoms with Crippen molar-refractivity contribution in [3.05, 3.63) is 126 Å². The molecule has 0 aliphatic heterocycles. The molecule has 4 heteroatoms. The lowest BCUT2D eigenvalue weighted by molar-refractivity contribution is -0.140. The molecule has 4 nitrogen and oxygen atoms in total. The Labute approximate surface area is 188 Å². The van der Waals surface area contributed by atoms with E-state index < -0.39 is 5.97 Å². The van der Waals surface area contributed by atoms with Crippen LogP contribution in [0.15, 0.2) is 103 Å². The summed E-state index contributed by atoms with van der Waals surface area (Å²) in [7, 11) is 0. The molecule has 0 spiro atoms. The van der Waals surface area contributed by atoms with Gasteiger partial charge in [-0.05, 0) is 18.1 Å². The molecule has 0 amide bonds. The summed E-state index contributed by atoms with van der Waals surface area (Å²) in [6, 6.07) is 30.6. The van der Waals surface area contributed by atoms with Crippen molar-refractivity contribution in [2.24, 2.45) is 0 Å². The quantitative estimate of drug-likeness (QED) is 0.266. The lowest BCUT2D eigenvalue weighted by atomic mass is 10.1. The first-order chi connectivity index (χ1) is 15.6. The molecule has 4 aromatic rings. The van der Waals surface area contributed by atoms with E-state index in [0.29, 0.717) is 18.5 Å². The van der Waals surface area contributed by atoms with Gasteiger partial charge in [0.2, 0.25) is 0 Å². The summed E-state index contributed by atoms with van der Waals surface area (Å²) in [5.41, 5.74) is 5.42. The molecule has 0 unspecified atom stereocenters. The number of nitrogens with zero attached hydrogens (tertiary/aromatic N) is 2. The number of benzene rings is 3. The number of rotatable bonds is 8. The van der Waals surface area contributed by atoms with Gasteiger partial charge in [0, 0.05) is 24.1 Å². The molecule has 1 aromatic heterocycles. The number of ether oxygens (including phenoxy) is 1. The van der Waals surface area contributed by atoms with Crippen molar-refractivity contribution in [2.45, 2.75) is 26.5 Å². The smallest absolute Gasteiger partial charge is 0.333 e. The van der Waals surface area contributed by atoms with Crippen molar-refractivity contribution in [2.75, 3.05) is 0 Å². The van der Waals surface area contributed by atoms with Gasteiger partial charge in [-0.3, -0.25) is 0 Å². The summed E-state index contributed by atoms with van der Waals surface area (Å²) in [5.74, 6) is 0.529. The van der Waals surface area contributed by atoms with Crippen LogP contribution in [-0.4, -0.2) is 15.5 Å². The van der Waals surface area contributed by atoms with Crippen LogP contribution in [-0.2, 0) is 29.1 Å². The Morgan fingerprint density at radius 3 is 2.03 bits per heavy atom. The number of hydrogen-bond donors (Lipinski definition) is 0. The van der Waals surface area contributed by atoms with Crippen molar-refractivity contribution in [1.82, 2.24) is 9.55 Å². The van der Waals surface area contributed by atoms with Crippen LogP contribution in [0.1, 0.15) is 29.6 Å². The van der Waals surface area contributed by atoms with Gasteiger partial charge >= 0.3 is 5.97 Å². The van der Waals surface area contributed by atoms with Crippen LogP contribution in [0.3, 0.4) is 0 Å². The first-order valence-corrected chi connectivity index (χ1v) is 10.7. The minimum Gasteiger partial charge on any atom is -0.456 e.